The Morgan fingerprint density at radius 1 is 1.10 bits per heavy atom. The molecule has 0 N–H and O–H groups in total. The number of benzene rings is 1. The van der Waals surface area contributed by atoms with Gasteiger partial charge in [-0.2, -0.15) is 4.80 Å². The standard InChI is InChI=1S/C21H26N8O/c30-19(9-5-13-29-25-20(23-26-29)16-6-2-1-3-7-16)27-12-4-8-17(14-27)21-24-22-15-28(21)18-10-11-18/h1-3,6-7,15,17-18H,4-5,8-14H2. The lowest BCUT2D eigenvalue weighted by molar-refractivity contribution is -0.132. The zero-order valence-corrected chi connectivity index (χ0v) is 17.0. The monoisotopic (exact) mass is 406 g/mol. The molecule has 1 saturated heterocycles. The van der Waals surface area contributed by atoms with Gasteiger partial charge in [-0.1, -0.05) is 30.3 Å². The van der Waals surface area contributed by atoms with Crippen LogP contribution >= 0.6 is 0 Å². The molecule has 2 aliphatic rings. The second kappa shape index (κ2) is 8.33. The third-order valence-corrected chi connectivity index (χ3v) is 5.91. The number of likely N-dealkylation sites (tertiary alicyclic amines) is 1. The first-order chi connectivity index (χ1) is 14.8. The highest BCUT2D eigenvalue weighted by Gasteiger charge is 2.32. The summed E-state index contributed by atoms with van der Waals surface area (Å²) in [6.07, 6.45) is 7.54. The van der Waals surface area contributed by atoms with Crippen LogP contribution in [-0.2, 0) is 11.3 Å². The molecule has 1 atom stereocenters. The van der Waals surface area contributed by atoms with Gasteiger partial charge in [0.05, 0.1) is 6.54 Å². The third-order valence-electron chi connectivity index (χ3n) is 5.91. The number of amides is 1. The van der Waals surface area contributed by atoms with E-state index in [1.165, 1.54) is 12.8 Å². The molecule has 2 aromatic heterocycles. The molecular formula is C21H26N8O. The van der Waals surface area contributed by atoms with E-state index in [0.29, 0.717) is 31.3 Å². The Bertz CT molecular complexity index is 993. The Labute approximate surface area is 175 Å². The number of hydrogen-bond acceptors (Lipinski definition) is 6. The van der Waals surface area contributed by atoms with Crippen molar-refractivity contribution in [3.8, 4) is 11.4 Å². The normalized spacial score (nSPS) is 19.2. The van der Waals surface area contributed by atoms with Crippen molar-refractivity contribution in [2.45, 2.75) is 57.0 Å². The predicted molar refractivity (Wildman–Crippen MR) is 109 cm³/mol. The van der Waals surface area contributed by atoms with Gasteiger partial charge in [-0.05, 0) is 37.3 Å². The highest BCUT2D eigenvalue weighted by atomic mass is 16.2. The van der Waals surface area contributed by atoms with Gasteiger partial charge in [-0.25, -0.2) is 0 Å². The van der Waals surface area contributed by atoms with Crippen LogP contribution in [0.1, 0.15) is 56.3 Å². The molecule has 2 fully saturated rings. The maximum Gasteiger partial charge on any atom is 0.222 e. The fourth-order valence-corrected chi connectivity index (χ4v) is 4.16. The van der Waals surface area contributed by atoms with Crippen LogP contribution in [0.2, 0.25) is 0 Å². The van der Waals surface area contributed by atoms with Gasteiger partial charge in [0, 0.05) is 37.0 Å². The second-order valence-electron chi connectivity index (χ2n) is 8.19. The van der Waals surface area contributed by atoms with Crippen LogP contribution in [-0.4, -0.2) is 58.9 Å². The summed E-state index contributed by atoms with van der Waals surface area (Å²) in [5.74, 6) is 2.15. The summed E-state index contributed by atoms with van der Waals surface area (Å²) in [7, 11) is 0. The van der Waals surface area contributed by atoms with Crippen molar-refractivity contribution in [3.05, 3.63) is 42.5 Å². The molecule has 1 saturated carbocycles. The van der Waals surface area contributed by atoms with Crippen molar-refractivity contribution in [1.29, 1.82) is 0 Å². The van der Waals surface area contributed by atoms with E-state index in [9.17, 15) is 4.79 Å². The summed E-state index contributed by atoms with van der Waals surface area (Å²) >= 11 is 0. The smallest absolute Gasteiger partial charge is 0.222 e. The van der Waals surface area contributed by atoms with Crippen molar-refractivity contribution in [2.24, 2.45) is 0 Å². The Morgan fingerprint density at radius 2 is 1.97 bits per heavy atom. The number of nitrogens with zero attached hydrogens (tertiary/aromatic N) is 8. The molecule has 0 radical (unpaired) electrons. The van der Waals surface area contributed by atoms with Crippen molar-refractivity contribution >= 4 is 5.91 Å². The first-order valence-electron chi connectivity index (χ1n) is 10.8. The summed E-state index contributed by atoms with van der Waals surface area (Å²) in [5.41, 5.74) is 0.943. The highest BCUT2D eigenvalue weighted by molar-refractivity contribution is 5.76. The molecule has 5 rings (SSSR count). The van der Waals surface area contributed by atoms with E-state index in [2.05, 4.69) is 30.2 Å². The minimum absolute atomic E-state index is 0.195. The first-order valence-corrected chi connectivity index (χ1v) is 10.8. The number of rotatable bonds is 7. The molecule has 9 nitrogen and oxygen atoms in total. The van der Waals surface area contributed by atoms with Crippen molar-refractivity contribution in [3.63, 3.8) is 0 Å². The van der Waals surface area contributed by atoms with E-state index in [4.69, 9.17) is 0 Å². The maximum atomic E-state index is 12.8. The average Bonchev–Trinajstić information content (AvgIpc) is 3.32. The third kappa shape index (κ3) is 4.10. The molecule has 0 spiro atoms. The molecule has 156 valence electrons. The molecule has 1 unspecified atom stereocenters. The zero-order valence-electron chi connectivity index (χ0n) is 17.0. The predicted octanol–water partition coefficient (Wildman–Crippen LogP) is 2.45. The Hall–Kier alpha value is -3.10. The molecule has 3 heterocycles. The highest BCUT2D eigenvalue weighted by Crippen LogP contribution is 2.38. The minimum atomic E-state index is 0.195. The van der Waals surface area contributed by atoms with Gasteiger partial charge in [0.25, 0.3) is 0 Å². The fourth-order valence-electron chi connectivity index (χ4n) is 4.16. The lowest BCUT2D eigenvalue weighted by atomic mass is 9.96. The van der Waals surface area contributed by atoms with Crippen molar-refractivity contribution < 1.29 is 4.79 Å². The molecule has 1 amide bonds. The second-order valence-corrected chi connectivity index (χ2v) is 8.19. The summed E-state index contributed by atoms with van der Waals surface area (Å²) < 4.78 is 2.22. The van der Waals surface area contributed by atoms with Gasteiger partial charge in [-0.3, -0.25) is 4.79 Å². The number of hydrogen-bond donors (Lipinski definition) is 0. The van der Waals surface area contributed by atoms with Crippen LogP contribution in [0.5, 0.6) is 0 Å². The van der Waals surface area contributed by atoms with Gasteiger partial charge in [0.15, 0.2) is 0 Å². The van der Waals surface area contributed by atoms with Crippen LogP contribution in [0.3, 0.4) is 0 Å². The lowest BCUT2D eigenvalue weighted by Gasteiger charge is -2.32. The average molecular weight is 406 g/mol. The molecule has 30 heavy (non-hydrogen) atoms. The number of carbonyl (C=O) groups is 1. The van der Waals surface area contributed by atoms with Crippen molar-refractivity contribution in [1.82, 2.24) is 39.9 Å². The van der Waals surface area contributed by atoms with Gasteiger partial charge < -0.3 is 9.47 Å². The Balaban J connectivity index is 1.13. The number of aryl methyl sites for hydroxylation is 1. The summed E-state index contributed by atoms with van der Waals surface area (Å²) in [6.45, 7) is 2.15. The van der Waals surface area contributed by atoms with E-state index in [0.717, 1.165) is 37.3 Å². The van der Waals surface area contributed by atoms with E-state index in [1.54, 1.807) is 4.80 Å². The number of piperidine rings is 1. The van der Waals surface area contributed by atoms with Gasteiger partial charge in [0.1, 0.15) is 12.2 Å². The van der Waals surface area contributed by atoms with Crippen LogP contribution in [0.25, 0.3) is 11.4 Å². The number of carbonyl (C=O) groups excluding carboxylic acids is 1. The Morgan fingerprint density at radius 3 is 2.80 bits per heavy atom. The van der Waals surface area contributed by atoms with Gasteiger partial charge in [0.2, 0.25) is 11.7 Å². The van der Waals surface area contributed by atoms with Crippen molar-refractivity contribution in [2.75, 3.05) is 13.1 Å². The SMILES string of the molecule is O=C(CCCn1nnc(-c2ccccc2)n1)N1CCCC(c2nncn2C2CC2)C1. The largest absolute Gasteiger partial charge is 0.342 e. The molecule has 3 aromatic rings. The maximum absolute atomic E-state index is 12.8. The minimum Gasteiger partial charge on any atom is -0.342 e. The van der Waals surface area contributed by atoms with E-state index in [-0.39, 0.29) is 11.8 Å². The molecule has 9 heteroatoms. The van der Waals surface area contributed by atoms with Crippen LogP contribution in [0.15, 0.2) is 36.7 Å². The van der Waals surface area contributed by atoms with Crippen LogP contribution in [0.4, 0.5) is 0 Å². The summed E-state index contributed by atoms with van der Waals surface area (Å²) in [6, 6.07) is 10.3. The molecule has 1 aliphatic heterocycles. The topological polar surface area (TPSA) is 94.6 Å². The fraction of sp³-hybridized carbons (Fsp3) is 0.524. The lowest BCUT2D eigenvalue weighted by Crippen LogP contribution is -2.39. The van der Waals surface area contributed by atoms with Crippen LogP contribution < -0.4 is 0 Å². The van der Waals surface area contributed by atoms with Gasteiger partial charge >= 0.3 is 0 Å². The quantitative estimate of drug-likeness (QED) is 0.598. The van der Waals surface area contributed by atoms with E-state index < -0.39 is 0 Å². The number of aromatic nitrogens is 7. The Kier molecular flexibility index (Phi) is 5.25. The van der Waals surface area contributed by atoms with E-state index >= 15 is 0 Å². The molecular weight excluding hydrogens is 380 g/mol. The summed E-state index contributed by atoms with van der Waals surface area (Å²) in [5, 5.41) is 21.1. The van der Waals surface area contributed by atoms with E-state index in [1.807, 2.05) is 41.6 Å². The molecule has 0 bridgehead atoms. The van der Waals surface area contributed by atoms with Crippen LogP contribution in [0, 0.1) is 0 Å². The number of tetrazole rings is 1. The van der Waals surface area contributed by atoms with Gasteiger partial charge in [-0.15, -0.1) is 20.4 Å². The molecule has 1 aromatic carbocycles. The summed E-state index contributed by atoms with van der Waals surface area (Å²) in [4.78, 5) is 16.3. The zero-order chi connectivity index (χ0) is 20.3. The first kappa shape index (κ1) is 18.9. The molecule has 1 aliphatic carbocycles.